The van der Waals surface area contributed by atoms with Gasteiger partial charge in [-0.3, -0.25) is 0 Å². The van der Waals surface area contributed by atoms with Crippen LogP contribution in [0.3, 0.4) is 0 Å². The SMILES string of the molecule is [O-][S+](c1ccc2c(c1)[CH]CCC2)C(F)(F)F. The molecule has 0 amide bonds. The molecule has 1 aliphatic carbocycles. The molecule has 0 aliphatic heterocycles. The number of benzene rings is 1. The van der Waals surface area contributed by atoms with E-state index in [1.165, 1.54) is 12.1 Å². The molecule has 1 radical (unpaired) electrons. The lowest BCUT2D eigenvalue weighted by molar-refractivity contribution is -0.0435. The van der Waals surface area contributed by atoms with E-state index in [-0.39, 0.29) is 4.90 Å². The minimum atomic E-state index is -4.68. The van der Waals surface area contributed by atoms with E-state index >= 15 is 0 Å². The number of rotatable bonds is 1. The van der Waals surface area contributed by atoms with Gasteiger partial charge < -0.3 is 4.55 Å². The third kappa shape index (κ3) is 2.35. The molecule has 0 spiro atoms. The van der Waals surface area contributed by atoms with E-state index in [2.05, 4.69) is 0 Å². The number of halogens is 3. The number of aryl methyl sites for hydroxylation is 1. The van der Waals surface area contributed by atoms with Crippen molar-refractivity contribution >= 4 is 11.2 Å². The summed E-state index contributed by atoms with van der Waals surface area (Å²) >= 11 is -2.92. The Morgan fingerprint density at radius 2 is 2.00 bits per heavy atom. The Bertz CT molecular complexity index is 389. The van der Waals surface area contributed by atoms with Crippen molar-refractivity contribution in [3.8, 4) is 0 Å². The van der Waals surface area contributed by atoms with Gasteiger partial charge in [-0.15, -0.1) is 13.2 Å². The fourth-order valence-corrected chi connectivity index (χ4v) is 2.48. The number of hydrogen-bond donors (Lipinski definition) is 0. The van der Waals surface area contributed by atoms with Crippen LogP contribution in [0.25, 0.3) is 0 Å². The predicted molar refractivity (Wildman–Crippen MR) is 55.2 cm³/mol. The van der Waals surface area contributed by atoms with Gasteiger partial charge in [0.05, 0.1) is 11.2 Å². The first-order valence-electron chi connectivity index (χ1n) is 4.93. The molecule has 1 aromatic rings. The molecule has 0 saturated heterocycles. The van der Waals surface area contributed by atoms with Gasteiger partial charge in [-0.25, -0.2) is 0 Å². The highest BCUT2D eigenvalue weighted by molar-refractivity contribution is 7.92. The molecule has 2 rings (SSSR count). The Kier molecular flexibility index (Phi) is 3.17. The van der Waals surface area contributed by atoms with E-state index in [1.54, 1.807) is 6.07 Å². The maximum Gasteiger partial charge on any atom is 0.578 e. The molecule has 1 aliphatic rings. The monoisotopic (exact) mass is 247 g/mol. The lowest BCUT2D eigenvalue weighted by Gasteiger charge is -2.17. The normalized spacial score (nSPS) is 18.0. The Labute approximate surface area is 94.8 Å². The molecule has 1 nitrogen and oxygen atoms in total. The molecule has 5 heteroatoms. The minimum Gasteiger partial charge on any atom is -0.604 e. The summed E-state index contributed by atoms with van der Waals surface area (Å²) in [7, 11) is 0. The first-order valence-corrected chi connectivity index (χ1v) is 6.08. The highest BCUT2D eigenvalue weighted by atomic mass is 32.2. The van der Waals surface area contributed by atoms with Crippen molar-refractivity contribution in [1.29, 1.82) is 0 Å². The maximum absolute atomic E-state index is 12.3. The summed E-state index contributed by atoms with van der Waals surface area (Å²) in [5.74, 6) is 0. The van der Waals surface area contributed by atoms with E-state index in [0.29, 0.717) is 0 Å². The first-order chi connectivity index (χ1) is 7.48. The molecule has 1 atom stereocenters. The van der Waals surface area contributed by atoms with Crippen LogP contribution in [0.1, 0.15) is 24.0 Å². The van der Waals surface area contributed by atoms with Crippen LogP contribution in [0.15, 0.2) is 23.1 Å². The second kappa shape index (κ2) is 4.30. The molecule has 87 valence electrons. The molecule has 0 bridgehead atoms. The summed E-state index contributed by atoms with van der Waals surface area (Å²) in [6, 6.07) is 4.34. The van der Waals surface area contributed by atoms with Crippen LogP contribution in [0, 0.1) is 6.42 Å². The average Bonchev–Trinajstić information content (AvgIpc) is 2.26. The van der Waals surface area contributed by atoms with Gasteiger partial charge in [0.2, 0.25) is 0 Å². The van der Waals surface area contributed by atoms with Gasteiger partial charge >= 0.3 is 5.51 Å². The van der Waals surface area contributed by atoms with Crippen molar-refractivity contribution in [2.45, 2.75) is 29.7 Å². The van der Waals surface area contributed by atoms with Gasteiger partial charge in [0.25, 0.3) is 0 Å². The van der Waals surface area contributed by atoms with Crippen molar-refractivity contribution in [3.05, 3.63) is 35.7 Å². The Balaban J connectivity index is 2.30. The van der Waals surface area contributed by atoms with Gasteiger partial charge in [0.15, 0.2) is 4.90 Å². The molecular weight excluding hydrogens is 237 g/mol. The molecule has 0 N–H and O–H groups in total. The third-order valence-electron chi connectivity index (χ3n) is 2.56. The van der Waals surface area contributed by atoms with Crippen LogP contribution in [0.2, 0.25) is 0 Å². The summed E-state index contributed by atoms with van der Waals surface area (Å²) in [6.45, 7) is 0. The van der Waals surface area contributed by atoms with Crippen LogP contribution >= 0.6 is 0 Å². The van der Waals surface area contributed by atoms with Crippen molar-refractivity contribution in [2.24, 2.45) is 0 Å². The zero-order valence-electron chi connectivity index (χ0n) is 8.38. The van der Waals surface area contributed by atoms with E-state index in [4.69, 9.17) is 0 Å². The van der Waals surface area contributed by atoms with Gasteiger partial charge in [-0.1, -0.05) is 6.07 Å². The maximum atomic E-state index is 12.3. The minimum absolute atomic E-state index is 0.163. The number of fused-ring (bicyclic) bond motifs is 1. The number of alkyl halides is 3. The second-order valence-electron chi connectivity index (χ2n) is 3.67. The Morgan fingerprint density at radius 1 is 1.25 bits per heavy atom. The van der Waals surface area contributed by atoms with E-state index < -0.39 is 16.7 Å². The van der Waals surface area contributed by atoms with E-state index in [9.17, 15) is 17.7 Å². The van der Waals surface area contributed by atoms with Crippen molar-refractivity contribution in [2.75, 3.05) is 0 Å². The zero-order chi connectivity index (χ0) is 11.8. The summed E-state index contributed by atoms with van der Waals surface area (Å²) in [6.07, 6.45) is 4.67. The topological polar surface area (TPSA) is 23.1 Å². The summed E-state index contributed by atoms with van der Waals surface area (Å²) < 4.78 is 47.9. The molecule has 0 heterocycles. The van der Waals surface area contributed by atoms with Crippen LogP contribution in [0.5, 0.6) is 0 Å². The number of hydrogen-bond acceptors (Lipinski definition) is 1. The smallest absolute Gasteiger partial charge is 0.578 e. The molecule has 0 aromatic heterocycles. The standard InChI is InChI=1S/C11H10F3OS/c12-11(13,14)16(15)10-6-5-8-3-1-2-4-9(8)7-10/h4-7H,1-3H2. The molecule has 0 fully saturated rings. The predicted octanol–water partition coefficient (Wildman–Crippen LogP) is 3.20. The zero-order valence-corrected chi connectivity index (χ0v) is 9.20. The fraction of sp³-hybridized carbons (Fsp3) is 0.364. The third-order valence-corrected chi connectivity index (χ3v) is 3.66. The highest BCUT2D eigenvalue weighted by Crippen LogP contribution is 2.32. The van der Waals surface area contributed by atoms with Crippen LogP contribution in [-0.4, -0.2) is 10.1 Å². The van der Waals surface area contributed by atoms with Gasteiger partial charge in [0.1, 0.15) is 0 Å². The van der Waals surface area contributed by atoms with E-state index in [0.717, 1.165) is 30.4 Å². The van der Waals surface area contributed by atoms with Gasteiger partial charge in [-0.2, -0.15) is 0 Å². The van der Waals surface area contributed by atoms with E-state index in [1.807, 2.05) is 6.42 Å². The Morgan fingerprint density at radius 3 is 2.69 bits per heavy atom. The molecule has 1 aromatic carbocycles. The molecular formula is C11H10F3OS. The largest absolute Gasteiger partial charge is 0.604 e. The lowest BCUT2D eigenvalue weighted by Crippen LogP contribution is -2.23. The van der Waals surface area contributed by atoms with Crippen molar-refractivity contribution in [3.63, 3.8) is 0 Å². The van der Waals surface area contributed by atoms with Crippen LogP contribution < -0.4 is 0 Å². The second-order valence-corrected chi connectivity index (χ2v) is 5.14. The van der Waals surface area contributed by atoms with Gasteiger partial charge in [-0.05, 0) is 48.9 Å². The van der Waals surface area contributed by atoms with Crippen LogP contribution in [-0.2, 0) is 17.6 Å². The fourth-order valence-electron chi connectivity index (χ4n) is 1.79. The molecule has 16 heavy (non-hydrogen) atoms. The highest BCUT2D eigenvalue weighted by Gasteiger charge is 2.46. The lowest BCUT2D eigenvalue weighted by atomic mass is 9.92. The van der Waals surface area contributed by atoms with Crippen molar-refractivity contribution < 1.29 is 17.7 Å². The quantitative estimate of drug-likeness (QED) is 0.699. The van der Waals surface area contributed by atoms with Crippen LogP contribution in [0.4, 0.5) is 13.2 Å². The summed E-state index contributed by atoms with van der Waals surface area (Å²) in [4.78, 5) is -0.163. The van der Waals surface area contributed by atoms with Gasteiger partial charge in [0, 0.05) is 0 Å². The average molecular weight is 247 g/mol. The summed E-state index contributed by atoms with van der Waals surface area (Å²) in [5.41, 5.74) is -2.85. The summed E-state index contributed by atoms with van der Waals surface area (Å²) in [5, 5.41) is 0. The molecule has 0 saturated carbocycles. The molecule has 1 unspecified atom stereocenters. The first kappa shape index (κ1) is 11.8. The Hall–Kier alpha value is -0.680. The van der Waals surface area contributed by atoms with Crippen molar-refractivity contribution in [1.82, 2.24) is 0 Å².